The van der Waals surface area contributed by atoms with E-state index in [9.17, 15) is 57.1 Å². The molecule has 45 heteroatoms. The Kier molecular flexibility index (Phi) is 41.7. The summed E-state index contributed by atoms with van der Waals surface area (Å²) in [4.78, 5) is 187. The van der Waals surface area contributed by atoms with Gasteiger partial charge in [0.1, 0.15) is 41.1 Å². The second-order valence-corrected chi connectivity index (χ2v) is 19.9. The van der Waals surface area contributed by atoms with Crippen molar-refractivity contribution < 1.29 is 47.2 Å². The molecule has 113 heavy (non-hydrogen) atoms. The van der Waals surface area contributed by atoms with Crippen molar-refractivity contribution in [3.8, 4) is 118 Å². The minimum atomic E-state index is -0.824. The van der Waals surface area contributed by atoms with Gasteiger partial charge in [-0.25, -0.2) is 82.6 Å². The Balaban J connectivity index is -0.0000000714. The summed E-state index contributed by atoms with van der Waals surface area (Å²) >= 11 is 8.54. The topological polar surface area (TPSA) is 680 Å². The maximum atomic E-state index is 13.1. The predicted molar refractivity (Wildman–Crippen MR) is 459 cm³/mol. The number of nitrogens with zero attached hydrogens (tertiary/aromatic N) is 12. The highest BCUT2D eigenvalue weighted by atomic mass is 79.9. The number of halogens is 3. The zero-order valence-electron chi connectivity index (χ0n) is 58.3. The van der Waals surface area contributed by atoms with Gasteiger partial charge in [0, 0.05) is 82.8 Å². The molecule has 0 bridgehead atoms. The van der Waals surface area contributed by atoms with Gasteiger partial charge in [-0.15, -0.1) is 0 Å². The molecule has 0 saturated carbocycles. The first-order chi connectivity index (χ1) is 54.3. The van der Waals surface area contributed by atoms with Crippen LogP contribution in [0.2, 0.25) is 5.28 Å². The number of aromatic nitrogens is 23. The van der Waals surface area contributed by atoms with Crippen LogP contribution in [0.4, 0.5) is 50.0 Å². The SMILES string of the molecule is CC#CC#CC#CC#CC#CC#CC#CC#CC#CC#CC(=O)Nc1ccnc(=O)[nH]1.CCCCCOC(=O)Nc1[nH]c(=O)ncc1F.Cc1c[nH]c(=O)[nH]c1=O.Nc1ccnc(=O)[nH]1.Nc1ccnc(=O)[nH]1.Nc1nc(Cl)nc2nc[nH]c12.Nc1ncnc(=O)[nH]1.Nc1ncnc2nc[nH]c12.O=c1[nH]cc(/C=C/Br)c(=O)[nH]1.[HH].[HH].[HH].[HH].[HH].[HH].[HH].[HH].[HH].[HH].[HH].[HH].[HH].[HH].[HH].[HH].[HH].[HH].[HH].[HH]. The molecule has 11 aromatic rings. The summed E-state index contributed by atoms with van der Waals surface area (Å²) in [7, 11) is 0. The van der Waals surface area contributed by atoms with Gasteiger partial charge in [0.25, 0.3) is 11.1 Å². The average Bonchev–Trinajstić information content (AvgIpc) is 1.71. The first kappa shape index (κ1) is 89.8. The number of unbranched alkanes of at least 4 members (excludes halogenated alkanes) is 2. The number of rotatable bonds is 7. The summed E-state index contributed by atoms with van der Waals surface area (Å²) < 4.78 is 17.9. The number of carbonyl (C=O) groups is 2. The largest absolute Gasteiger partial charge is 0.449 e. The summed E-state index contributed by atoms with van der Waals surface area (Å²) in [6, 6.07) is 4.44. The maximum Gasteiger partial charge on any atom is 0.412 e. The average molecular weight is 1660 g/mol. The summed E-state index contributed by atoms with van der Waals surface area (Å²) in [6.07, 6.45) is 16.4. The van der Waals surface area contributed by atoms with Crippen molar-refractivity contribution in [1.82, 2.24) is 115 Å². The van der Waals surface area contributed by atoms with Gasteiger partial charge in [0.05, 0.1) is 31.0 Å². The first-order valence-corrected chi connectivity index (χ1v) is 31.7. The van der Waals surface area contributed by atoms with Gasteiger partial charge in [-0.1, -0.05) is 41.6 Å². The van der Waals surface area contributed by atoms with E-state index in [1.807, 2.05) is 6.92 Å². The molecule has 0 fully saturated rings. The Morgan fingerprint density at radius 3 is 1.53 bits per heavy atom. The number of anilines is 7. The van der Waals surface area contributed by atoms with Crippen molar-refractivity contribution in [2.24, 2.45) is 0 Å². The lowest BCUT2D eigenvalue weighted by Crippen LogP contribution is -2.22. The minimum Gasteiger partial charge on any atom is -0.449 e. The van der Waals surface area contributed by atoms with E-state index in [1.54, 1.807) is 13.8 Å². The van der Waals surface area contributed by atoms with Gasteiger partial charge in [-0.2, -0.15) is 19.9 Å². The van der Waals surface area contributed by atoms with Crippen LogP contribution in [0.3, 0.4) is 0 Å². The van der Waals surface area contributed by atoms with E-state index in [2.05, 4.69) is 260 Å². The predicted octanol–water partition coefficient (Wildman–Crippen LogP) is 4.11. The number of imidazole rings is 2. The molecule has 11 heterocycles. The molecule has 0 aliphatic rings. The number of nitrogens with one attached hydrogen (secondary N) is 13. The Morgan fingerprint density at radius 2 is 1.05 bits per heavy atom. The zero-order valence-corrected chi connectivity index (χ0v) is 60.6. The molecule has 0 aliphatic heterocycles. The van der Waals surface area contributed by atoms with E-state index in [0.29, 0.717) is 56.7 Å². The third kappa shape index (κ3) is 40.4. The monoisotopic (exact) mass is 1660 g/mol. The van der Waals surface area contributed by atoms with Gasteiger partial charge < -0.3 is 58.7 Å². The number of amides is 2. The van der Waals surface area contributed by atoms with Crippen LogP contribution in [-0.4, -0.2) is 133 Å². The van der Waals surface area contributed by atoms with E-state index in [1.165, 1.54) is 79.2 Å². The highest BCUT2D eigenvalue weighted by Crippen LogP contribution is 2.15. The fourth-order valence-electron chi connectivity index (χ4n) is 6.15. The number of nitrogen functional groups attached to an aromatic ring is 5. The van der Waals surface area contributed by atoms with Crippen LogP contribution in [0.25, 0.3) is 28.4 Å². The molecule has 11 rings (SSSR count). The number of carbonyl (C=O) groups excluding carboxylic acids is 2. The number of fused-ring (bicyclic) bond motifs is 2. The molecule has 0 unspecified atom stereocenters. The smallest absolute Gasteiger partial charge is 0.412 e. The maximum absolute atomic E-state index is 13.1. The number of aromatic amines is 11. The molecule has 0 radical (unpaired) electrons. The molecular formula is C68H95BrClFN30O12. The first-order valence-electron chi connectivity index (χ1n) is 30.5. The van der Waals surface area contributed by atoms with E-state index in [0.717, 1.165) is 31.8 Å². The molecule has 23 N–H and O–H groups in total. The van der Waals surface area contributed by atoms with Crippen molar-refractivity contribution in [3.63, 3.8) is 0 Å². The molecule has 0 atom stereocenters. The highest BCUT2D eigenvalue weighted by Gasteiger charge is 2.09. The standard InChI is InChI=1S/C26H7N3O2.C10H14FN3O3.C6H5BrN2O2.C5H4ClN5.C5H5N5.C5H6N2O2.2C4H5N3O.C3H4N4O.20H2/c1-2-3-4-5-6-7-8-9-10-11-12-13-14-15-16-17-18-19-20-21-25(30)28-24-22-23-27-26(31)29-24;1-2-3-4-5-17-10(16)14-8-7(11)6-12-9(15)13-8;7-2-1-4-3-8-6(11)9-5(4)10;6-5-10-3(7)2-4(11-5)9-1-8-2;6-4-3-5(9-1-7-3)10-2-8-4;1-3-2-6-5(9)7-4(3)8;2*5-3-1-2-6-4(8)7-3;4-2-5-1-6-3(8)7-2;;;;;;;;;;;;;;;;;;;;/h22-23H,1H3,(H2,27,28,29,30,31);6H,2-5H2,1H3,(H2,12,13,14,15,16);1-3H,(H2,8,9,10,11);1H,(H3,7,8,9,10,11);1-2H,(H3,6,7,8,9,10);2H,1H3,(H2,6,7,8,9);2*1-2H,(H3,5,6,7,8);1H,(H3,4,5,6,7,8);20*1H/b;;2-1+;;;;;;;;;;;;;;;;;;;;;;;;;;. The van der Waals surface area contributed by atoms with Gasteiger partial charge in [-0.3, -0.25) is 54.6 Å². The third-order valence-corrected chi connectivity index (χ3v) is 11.3. The lowest BCUT2D eigenvalue weighted by Gasteiger charge is -2.06. The molecule has 2 amide bonds. The fraction of sp³-hybridized carbons (Fsp3) is 0.103. The summed E-state index contributed by atoms with van der Waals surface area (Å²) in [5.74, 6) is 49.0. The molecule has 0 aromatic carbocycles. The van der Waals surface area contributed by atoms with Crippen molar-refractivity contribution in [3.05, 3.63) is 202 Å². The summed E-state index contributed by atoms with van der Waals surface area (Å²) in [5.41, 5.74) is 25.3. The molecule has 42 nitrogen and oxygen atoms in total. The Hall–Kier alpha value is -17.4. The van der Waals surface area contributed by atoms with E-state index in [4.69, 9.17) is 45.0 Å². The zero-order chi connectivity index (χ0) is 83.0. The van der Waals surface area contributed by atoms with E-state index < -0.39 is 63.2 Å². The highest BCUT2D eigenvalue weighted by molar-refractivity contribution is 9.11. The van der Waals surface area contributed by atoms with Gasteiger partial charge in [-0.05, 0) is 156 Å². The second kappa shape index (κ2) is 52.5. The van der Waals surface area contributed by atoms with Crippen molar-refractivity contribution >= 4 is 109 Å². The summed E-state index contributed by atoms with van der Waals surface area (Å²) in [5, 5.41) is 4.57. The van der Waals surface area contributed by atoms with Crippen LogP contribution < -0.4 is 90.2 Å². The number of hydrogen-bond donors (Lipinski definition) is 18. The van der Waals surface area contributed by atoms with Crippen molar-refractivity contribution in [2.75, 3.05) is 45.9 Å². The summed E-state index contributed by atoms with van der Waals surface area (Å²) in [6.45, 7) is 5.59. The van der Waals surface area contributed by atoms with E-state index in [-0.39, 0.29) is 63.6 Å². The number of nitrogens with two attached hydrogens (primary N) is 5. The quantitative estimate of drug-likeness (QED) is 0.0606. The molecular weight excluding hydrogens is 1560 g/mol. The van der Waals surface area contributed by atoms with Gasteiger partial charge in [0.2, 0.25) is 11.2 Å². The van der Waals surface area contributed by atoms with Crippen molar-refractivity contribution in [2.45, 2.75) is 40.0 Å². The molecule has 11 aromatic heterocycles. The Labute approximate surface area is 675 Å². The lowest BCUT2D eigenvalue weighted by atomic mass is 10.3. The fourth-order valence-corrected chi connectivity index (χ4v) is 6.61. The Bertz CT molecular complexity index is 6360. The van der Waals surface area contributed by atoms with Crippen LogP contribution in [-0.2, 0) is 9.53 Å². The second-order valence-electron chi connectivity index (χ2n) is 19.0. The van der Waals surface area contributed by atoms with E-state index >= 15 is 0 Å². The molecule has 0 spiro atoms. The van der Waals surface area contributed by atoms with Crippen molar-refractivity contribution in [1.29, 1.82) is 0 Å². The van der Waals surface area contributed by atoms with Crippen LogP contribution in [0, 0.1) is 131 Å². The van der Waals surface area contributed by atoms with Gasteiger partial charge >= 0.3 is 51.8 Å². The van der Waals surface area contributed by atoms with Crippen LogP contribution in [0.15, 0.2) is 129 Å². The molecule has 0 aliphatic carbocycles. The third-order valence-electron chi connectivity index (χ3n) is 10.9. The van der Waals surface area contributed by atoms with Crippen LogP contribution in [0.5, 0.6) is 0 Å². The number of hydrogen-bond acceptors (Lipinski definition) is 29. The van der Waals surface area contributed by atoms with Crippen LogP contribution in [0.1, 0.15) is 72.8 Å². The number of aryl methyl sites for hydroxylation is 1. The van der Waals surface area contributed by atoms with Crippen LogP contribution >= 0.6 is 27.5 Å². The lowest BCUT2D eigenvalue weighted by molar-refractivity contribution is -0.111. The minimum absolute atomic E-state index is 0. The normalized spacial score (nSPS) is 8.76. The van der Waals surface area contributed by atoms with Gasteiger partial charge in [0.15, 0.2) is 34.6 Å². The Morgan fingerprint density at radius 1 is 0.549 bits per heavy atom. The number of ether oxygens (including phenoxy) is 1. The number of H-pyrrole nitrogens is 11. The molecule has 610 valence electrons. The molecule has 0 saturated heterocycles.